The lowest BCUT2D eigenvalue weighted by Crippen LogP contribution is -2.46. The van der Waals surface area contributed by atoms with Gasteiger partial charge in [0.15, 0.2) is 0 Å². The van der Waals surface area contributed by atoms with Crippen molar-refractivity contribution in [1.29, 1.82) is 0 Å². The summed E-state index contributed by atoms with van der Waals surface area (Å²) in [5.74, 6) is 0.882. The van der Waals surface area contributed by atoms with Crippen LogP contribution in [-0.4, -0.2) is 30.1 Å². The van der Waals surface area contributed by atoms with Gasteiger partial charge in [-0.2, -0.15) is 0 Å². The van der Waals surface area contributed by atoms with Crippen LogP contribution < -0.4 is 5.73 Å². The molecule has 0 amide bonds. The highest BCUT2D eigenvalue weighted by Crippen LogP contribution is 2.34. The van der Waals surface area contributed by atoms with Crippen molar-refractivity contribution in [1.82, 2.24) is 4.90 Å². The molecule has 1 atom stereocenters. The molecule has 0 spiro atoms. The van der Waals surface area contributed by atoms with Crippen molar-refractivity contribution in [2.45, 2.75) is 70.4 Å². The van der Waals surface area contributed by atoms with Crippen LogP contribution in [0.3, 0.4) is 0 Å². The summed E-state index contributed by atoms with van der Waals surface area (Å²) in [4.78, 5) is 2.70. The first-order valence-corrected chi connectivity index (χ1v) is 7.32. The van der Waals surface area contributed by atoms with Crippen LogP contribution in [-0.2, 0) is 0 Å². The van der Waals surface area contributed by atoms with Crippen LogP contribution in [0.15, 0.2) is 0 Å². The van der Waals surface area contributed by atoms with Crippen LogP contribution in [0, 0.1) is 5.92 Å². The standard InChI is InChI=1S/C14H28N2/c1-2-16(13-9-10-13)14(11-15)12-7-5-3-4-6-8-12/h12-14H,2-11,15H2,1H3. The number of rotatable bonds is 5. The topological polar surface area (TPSA) is 29.3 Å². The molecule has 0 aromatic rings. The number of hydrogen-bond acceptors (Lipinski definition) is 2. The molecule has 2 saturated carbocycles. The minimum absolute atomic E-state index is 0.676. The molecule has 0 aliphatic heterocycles. The number of hydrogen-bond donors (Lipinski definition) is 1. The van der Waals surface area contributed by atoms with Crippen LogP contribution in [0.5, 0.6) is 0 Å². The van der Waals surface area contributed by atoms with E-state index in [0.29, 0.717) is 6.04 Å². The first-order valence-electron chi connectivity index (χ1n) is 7.32. The van der Waals surface area contributed by atoms with E-state index < -0.39 is 0 Å². The van der Waals surface area contributed by atoms with Gasteiger partial charge in [0.1, 0.15) is 0 Å². The van der Waals surface area contributed by atoms with E-state index in [4.69, 9.17) is 5.73 Å². The molecule has 0 aromatic carbocycles. The van der Waals surface area contributed by atoms with Crippen molar-refractivity contribution < 1.29 is 0 Å². The van der Waals surface area contributed by atoms with E-state index in [1.807, 2.05) is 0 Å². The summed E-state index contributed by atoms with van der Waals surface area (Å²) in [5, 5.41) is 0. The second kappa shape index (κ2) is 6.02. The zero-order valence-corrected chi connectivity index (χ0v) is 10.8. The maximum absolute atomic E-state index is 6.06. The van der Waals surface area contributed by atoms with Crippen LogP contribution in [0.2, 0.25) is 0 Å². The molecule has 2 aliphatic rings. The molecule has 0 radical (unpaired) electrons. The van der Waals surface area contributed by atoms with Gasteiger partial charge in [0, 0.05) is 18.6 Å². The van der Waals surface area contributed by atoms with Crippen LogP contribution in [0.1, 0.15) is 58.3 Å². The Kier molecular flexibility index (Phi) is 4.66. The molecule has 2 rings (SSSR count). The summed E-state index contributed by atoms with van der Waals surface area (Å²) in [6, 6.07) is 1.55. The van der Waals surface area contributed by atoms with E-state index in [2.05, 4.69) is 11.8 Å². The van der Waals surface area contributed by atoms with E-state index in [1.165, 1.54) is 57.9 Å². The van der Waals surface area contributed by atoms with E-state index in [0.717, 1.165) is 18.5 Å². The molecule has 0 aromatic heterocycles. The third kappa shape index (κ3) is 2.98. The molecule has 2 N–H and O–H groups in total. The second-order valence-electron chi connectivity index (χ2n) is 5.62. The van der Waals surface area contributed by atoms with Crippen molar-refractivity contribution in [2.75, 3.05) is 13.1 Å². The maximum atomic E-state index is 6.06. The van der Waals surface area contributed by atoms with Gasteiger partial charge in [-0.25, -0.2) is 0 Å². The predicted molar refractivity (Wildman–Crippen MR) is 69.4 cm³/mol. The van der Waals surface area contributed by atoms with Crippen molar-refractivity contribution in [3.63, 3.8) is 0 Å². The molecular formula is C14H28N2. The van der Waals surface area contributed by atoms with E-state index in [9.17, 15) is 0 Å². The fraction of sp³-hybridized carbons (Fsp3) is 1.00. The molecule has 16 heavy (non-hydrogen) atoms. The second-order valence-corrected chi connectivity index (χ2v) is 5.62. The van der Waals surface area contributed by atoms with Crippen molar-refractivity contribution >= 4 is 0 Å². The Labute approximate surface area is 101 Å². The molecule has 2 fully saturated rings. The van der Waals surface area contributed by atoms with Gasteiger partial charge in [-0.15, -0.1) is 0 Å². The molecule has 94 valence electrons. The molecular weight excluding hydrogens is 196 g/mol. The van der Waals surface area contributed by atoms with Crippen LogP contribution in [0.25, 0.3) is 0 Å². The SMILES string of the molecule is CCN(C1CC1)C(CN)C1CCCCCC1. The van der Waals surface area contributed by atoms with Crippen molar-refractivity contribution in [3.8, 4) is 0 Å². The fourth-order valence-corrected chi connectivity index (χ4v) is 3.46. The number of likely N-dealkylation sites (N-methyl/N-ethyl adjacent to an activating group) is 1. The van der Waals surface area contributed by atoms with E-state index >= 15 is 0 Å². The average Bonchev–Trinajstić information content (AvgIpc) is 3.11. The van der Waals surface area contributed by atoms with Crippen molar-refractivity contribution in [3.05, 3.63) is 0 Å². The highest BCUT2D eigenvalue weighted by Gasteiger charge is 2.35. The van der Waals surface area contributed by atoms with Gasteiger partial charge >= 0.3 is 0 Å². The zero-order valence-electron chi connectivity index (χ0n) is 10.8. The zero-order chi connectivity index (χ0) is 11.4. The van der Waals surface area contributed by atoms with E-state index in [-0.39, 0.29) is 0 Å². The monoisotopic (exact) mass is 224 g/mol. The highest BCUT2D eigenvalue weighted by molar-refractivity contribution is 4.91. The van der Waals surface area contributed by atoms with Crippen LogP contribution in [0.4, 0.5) is 0 Å². The molecule has 0 heterocycles. The molecule has 1 unspecified atom stereocenters. The predicted octanol–water partition coefficient (Wildman–Crippen LogP) is 2.77. The smallest absolute Gasteiger partial charge is 0.0249 e. The van der Waals surface area contributed by atoms with Crippen molar-refractivity contribution in [2.24, 2.45) is 11.7 Å². The van der Waals surface area contributed by atoms with Gasteiger partial charge in [0.2, 0.25) is 0 Å². The summed E-state index contributed by atoms with van der Waals surface area (Å²) in [6.45, 7) is 4.37. The van der Waals surface area contributed by atoms with Crippen LogP contribution >= 0.6 is 0 Å². The molecule has 2 nitrogen and oxygen atoms in total. The molecule has 2 aliphatic carbocycles. The average molecular weight is 224 g/mol. The summed E-state index contributed by atoms with van der Waals surface area (Å²) >= 11 is 0. The normalized spacial score (nSPS) is 25.7. The Bertz CT molecular complexity index is 193. The maximum Gasteiger partial charge on any atom is 0.0249 e. The van der Waals surface area contributed by atoms with E-state index in [1.54, 1.807) is 0 Å². The molecule has 0 bridgehead atoms. The number of nitrogens with two attached hydrogens (primary N) is 1. The summed E-state index contributed by atoms with van der Waals surface area (Å²) in [6.07, 6.45) is 11.4. The summed E-state index contributed by atoms with van der Waals surface area (Å²) in [7, 11) is 0. The Balaban J connectivity index is 1.95. The first-order chi connectivity index (χ1) is 7.86. The Hall–Kier alpha value is -0.0800. The van der Waals surface area contributed by atoms with Gasteiger partial charge in [-0.3, -0.25) is 4.90 Å². The Morgan fingerprint density at radius 2 is 1.69 bits per heavy atom. The quantitative estimate of drug-likeness (QED) is 0.728. The Morgan fingerprint density at radius 3 is 2.12 bits per heavy atom. The van der Waals surface area contributed by atoms with Gasteiger partial charge in [0.25, 0.3) is 0 Å². The minimum atomic E-state index is 0.676. The minimum Gasteiger partial charge on any atom is -0.329 e. The Morgan fingerprint density at radius 1 is 1.06 bits per heavy atom. The fourth-order valence-electron chi connectivity index (χ4n) is 3.46. The summed E-state index contributed by atoms with van der Waals surface area (Å²) in [5.41, 5.74) is 6.06. The largest absolute Gasteiger partial charge is 0.329 e. The first kappa shape index (κ1) is 12.4. The van der Waals surface area contributed by atoms with Gasteiger partial charge in [-0.1, -0.05) is 32.6 Å². The summed E-state index contributed by atoms with van der Waals surface area (Å²) < 4.78 is 0. The van der Waals surface area contributed by atoms with Gasteiger partial charge in [-0.05, 0) is 38.1 Å². The highest BCUT2D eigenvalue weighted by atomic mass is 15.2. The molecule has 0 saturated heterocycles. The lowest BCUT2D eigenvalue weighted by atomic mass is 9.90. The lowest BCUT2D eigenvalue weighted by molar-refractivity contribution is 0.134. The molecule has 2 heteroatoms. The van der Waals surface area contributed by atoms with Gasteiger partial charge in [0.05, 0.1) is 0 Å². The third-order valence-electron chi connectivity index (χ3n) is 4.49. The lowest BCUT2D eigenvalue weighted by Gasteiger charge is -2.35. The van der Waals surface area contributed by atoms with Gasteiger partial charge < -0.3 is 5.73 Å². The number of nitrogens with zero attached hydrogens (tertiary/aromatic N) is 1. The third-order valence-corrected chi connectivity index (χ3v) is 4.49.